The lowest BCUT2D eigenvalue weighted by Crippen LogP contribution is -2.25. The second-order valence-electron chi connectivity index (χ2n) is 5.03. The number of esters is 2. The molecule has 0 saturated heterocycles. The minimum absolute atomic E-state index is 0.204. The van der Waals surface area contributed by atoms with Crippen molar-refractivity contribution in [3.05, 3.63) is 0 Å². The molecular weight excluding hydrogens is 220 g/mol. The molecule has 4 heteroatoms. The Balaban J connectivity index is 2.00. The summed E-state index contributed by atoms with van der Waals surface area (Å²) >= 11 is 0. The van der Waals surface area contributed by atoms with Gasteiger partial charge in [-0.25, -0.2) is 0 Å². The summed E-state index contributed by atoms with van der Waals surface area (Å²) in [4.78, 5) is 23.7. The number of hydrogen-bond acceptors (Lipinski definition) is 4. The van der Waals surface area contributed by atoms with Crippen LogP contribution >= 0.6 is 0 Å². The Kier molecular flexibility index (Phi) is 3.40. The third-order valence-corrected chi connectivity index (χ3v) is 3.68. The van der Waals surface area contributed by atoms with E-state index in [4.69, 9.17) is 9.47 Å². The van der Waals surface area contributed by atoms with E-state index in [2.05, 4.69) is 0 Å². The van der Waals surface area contributed by atoms with Gasteiger partial charge in [-0.15, -0.1) is 0 Å². The highest BCUT2D eigenvalue weighted by Gasteiger charge is 2.66. The molecule has 0 N–H and O–H groups in total. The number of hydrogen-bond donors (Lipinski definition) is 0. The van der Waals surface area contributed by atoms with E-state index in [-0.39, 0.29) is 17.9 Å². The molecule has 0 aromatic carbocycles. The third kappa shape index (κ3) is 2.45. The lowest BCUT2D eigenvalue weighted by atomic mass is 9.96. The van der Waals surface area contributed by atoms with Gasteiger partial charge in [-0.1, -0.05) is 12.8 Å². The molecule has 2 fully saturated rings. The minimum Gasteiger partial charge on any atom is -0.466 e. The summed E-state index contributed by atoms with van der Waals surface area (Å²) in [5, 5.41) is 0. The van der Waals surface area contributed by atoms with Gasteiger partial charge in [0.05, 0.1) is 24.5 Å². The maximum atomic E-state index is 12.0. The average Bonchev–Trinajstić information content (AvgIpc) is 3.16. The van der Waals surface area contributed by atoms with Crippen molar-refractivity contribution in [3.63, 3.8) is 0 Å². The standard InChI is InChI=1S/C13H20O4/c1-3-16-11(14)10-8-13(10,7-9-5-6-9)12(15)17-4-2/h9-10H,3-8H2,1-2H3. The highest BCUT2D eigenvalue weighted by Crippen LogP contribution is 2.60. The first kappa shape index (κ1) is 12.4. The van der Waals surface area contributed by atoms with Crippen molar-refractivity contribution < 1.29 is 19.1 Å². The molecule has 2 rings (SSSR count). The predicted octanol–water partition coefficient (Wildman–Crippen LogP) is 1.92. The van der Waals surface area contributed by atoms with E-state index in [1.165, 1.54) is 12.8 Å². The molecule has 17 heavy (non-hydrogen) atoms. The molecule has 0 radical (unpaired) electrons. The van der Waals surface area contributed by atoms with Crippen LogP contribution in [0.2, 0.25) is 0 Å². The molecule has 0 aromatic heterocycles. The normalized spacial score (nSPS) is 30.8. The van der Waals surface area contributed by atoms with Gasteiger partial charge in [0, 0.05) is 0 Å². The average molecular weight is 240 g/mol. The molecule has 2 aliphatic carbocycles. The van der Waals surface area contributed by atoms with Gasteiger partial charge in [-0.05, 0) is 32.6 Å². The Hall–Kier alpha value is -1.06. The Labute approximate surface area is 102 Å². The van der Waals surface area contributed by atoms with Crippen LogP contribution in [0.15, 0.2) is 0 Å². The smallest absolute Gasteiger partial charge is 0.312 e. The summed E-state index contributed by atoms with van der Waals surface area (Å²) in [5.41, 5.74) is -0.552. The fourth-order valence-electron chi connectivity index (χ4n) is 2.50. The van der Waals surface area contributed by atoms with Crippen molar-refractivity contribution in [2.45, 2.75) is 39.5 Å². The Morgan fingerprint density at radius 3 is 2.35 bits per heavy atom. The zero-order chi connectivity index (χ0) is 12.5. The van der Waals surface area contributed by atoms with Gasteiger partial charge in [-0.3, -0.25) is 9.59 Å². The largest absolute Gasteiger partial charge is 0.466 e. The monoisotopic (exact) mass is 240 g/mol. The first-order valence-electron chi connectivity index (χ1n) is 6.48. The van der Waals surface area contributed by atoms with E-state index in [0.717, 1.165) is 6.42 Å². The van der Waals surface area contributed by atoms with Gasteiger partial charge in [0.2, 0.25) is 0 Å². The van der Waals surface area contributed by atoms with E-state index in [1.807, 2.05) is 0 Å². The fraction of sp³-hybridized carbons (Fsp3) is 0.846. The first-order valence-corrected chi connectivity index (χ1v) is 6.48. The minimum atomic E-state index is -0.552. The zero-order valence-corrected chi connectivity index (χ0v) is 10.5. The van der Waals surface area contributed by atoms with Gasteiger partial charge < -0.3 is 9.47 Å². The van der Waals surface area contributed by atoms with Crippen LogP contribution in [-0.4, -0.2) is 25.2 Å². The highest BCUT2D eigenvalue weighted by atomic mass is 16.5. The van der Waals surface area contributed by atoms with Gasteiger partial charge in [0.15, 0.2) is 0 Å². The summed E-state index contributed by atoms with van der Waals surface area (Å²) in [5.74, 6) is -0.0907. The fourth-order valence-corrected chi connectivity index (χ4v) is 2.50. The van der Waals surface area contributed by atoms with Crippen LogP contribution in [-0.2, 0) is 19.1 Å². The topological polar surface area (TPSA) is 52.6 Å². The number of carbonyl (C=O) groups excluding carboxylic acids is 2. The van der Waals surface area contributed by atoms with Crippen molar-refractivity contribution in [1.29, 1.82) is 0 Å². The van der Waals surface area contributed by atoms with Gasteiger partial charge in [0.25, 0.3) is 0 Å². The molecule has 2 aliphatic rings. The molecule has 96 valence electrons. The van der Waals surface area contributed by atoms with Crippen molar-refractivity contribution >= 4 is 11.9 Å². The zero-order valence-electron chi connectivity index (χ0n) is 10.5. The molecule has 2 unspecified atom stereocenters. The second-order valence-corrected chi connectivity index (χ2v) is 5.03. The molecule has 0 heterocycles. The molecule has 2 atom stereocenters. The third-order valence-electron chi connectivity index (χ3n) is 3.68. The summed E-state index contributed by atoms with van der Waals surface area (Å²) in [6.45, 7) is 4.33. The van der Waals surface area contributed by atoms with E-state index in [9.17, 15) is 9.59 Å². The number of rotatable bonds is 6. The van der Waals surface area contributed by atoms with Crippen LogP contribution in [0.25, 0.3) is 0 Å². The highest BCUT2D eigenvalue weighted by molar-refractivity contribution is 5.91. The van der Waals surface area contributed by atoms with Crippen molar-refractivity contribution in [2.75, 3.05) is 13.2 Å². The van der Waals surface area contributed by atoms with Crippen LogP contribution < -0.4 is 0 Å². The summed E-state index contributed by atoms with van der Waals surface area (Å²) in [6, 6.07) is 0. The summed E-state index contributed by atoms with van der Waals surface area (Å²) < 4.78 is 10.1. The van der Waals surface area contributed by atoms with Crippen molar-refractivity contribution in [1.82, 2.24) is 0 Å². The molecule has 0 amide bonds. The van der Waals surface area contributed by atoms with E-state index < -0.39 is 5.41 Å². The first-order chi connectivity index (χ1) is 8.14. The van der Waals surface area contributed by atoms with E-state index in [1.54, 1.807) is 13.8 Å². The number of ether oxygens (including phenoxy) is 2. The molecule has 0 aromatic rings. The SMILES string of the molecule is CCOC(=O)C1CC1(CC1CC1)C(=O)OCC. The lowest BCUT2D eigenvalue weighted by molar-refractivity contribution is -0.156. The Morgan fingerprint density at radius 1 is 1.18 bits per heavy atom. The van der Waals surface area contributed by atoms with Crippen LogP contribution in [0.1, 0.15) is 39.5 Å². The van der Waals surface area contributed by atoms with E-state index in [0.29, 0.717) is 25.6 Å². The van der Waals surface area contributed by atoms with Crippen LogP contribution in [0.5, 0.6) is 0 Å². The van der Waals surface area contributed by atoms with Crippen molar-refractivity contribution in [3.8, 4) is 0 Å². The van der Waals surface area contributed by atoms with Gasteiger partial charge >= 0.3 is 11.9 Å². The second kappa shape index (κ2) is 4.67. The summed E-state index contributed by atoms with van der Waals surface area (Å²) in [7, 11) is 0. The summed E-state index contributed by atoms with van der Waals surface area (Å²) in [6.07, 6.45) is 3.77. The van der Waals surface area contributed by atoms with Crippen molar-refractivity contribution in [2.24, 2.45) is 17.3 Å². The van der Waals surface area contributed by atoms with Gasteiger partial charge in [0.1, 0.15) is 0 Å². The lowest BCUT2D eigenvalue weighted by Gasteiger charge is -2.15. The Bertz CT molecular complexity index is 321. The van der Waals surface area contributed by atoms with Gasteiger partial charge in [-0.2, -0.15) is 0 Å². The maximum Gasteiger partial charge on any atom is 0.312 e. The quantitative estimate of drug-likeness (QED) is 0.665. The Morgan fingerprint density at radius 2 is 1.82 bits per heavy atom. The van der Waals surface area contributed by atoms with Crippen LogP contribution in [0.3, 0.4) is 0 Å². The molecule has 4 nitrogen and oxygen atoms in total. The molecular formula is C13H20O4. The maximum absolute atomic E-state index is 12.0. The molecule has 0 aliphatic heterocycles. The molecule has 2 saturated carbocycles. The predicted molar refractivity (Wildman–Crippen MR) is 61.1 cm³/mol. The number of carbonyl (C=O) groups is 2. The van der Waals surface area contributed by atoms with Crippen LogP contribution in [0.4, 0.5) is 0 Å². The van der Waals surface area contributed by atoms with E-state index >= 15 is 0 Å². The van der Waals surface area contributed by atoms with Crippen LogP contribution in [0, 0.1) is 17.3 Å². The molecule has 0 spiro atoms. The molecule has 0 bridgehead atoms.